The van der Waals surface area contributed by atoms with Gasteiger partial charge in [0.2, 0.25) is 5.91 Å². The summed E-state index contributed by atoms with van der Waals surface area (Å²) in [7, 11) is -2.64. The van der Waals surface area contributed by atoms with E-state index in [2.05, 4.69) is 10.3 Å². The third-order valence-electron chi connectivity index (χ3n) is 4.11. The minimum absolute atomic E-state index is 0.119. The molecular weight excluding hydrogens is 357 g/mol. The summed E-state index contributed by atoms with van der Waals surface area (Å²) in [5, 5.41) is 11.1. The quantitative estimate of drug-likeness (QED) is 0.596. The molecule has 0 bridgehead atoms. The number of nitrogens with zero attached hydrogens (tertiary/aromatic N) is 2. The van der Waals surface area contributed by atoms with Crippen LogP contribution in [0.4, 0.5) is 8.63 Å². The number of hydrogen-bond donors (Lipinski definition) is 3. The fourth-order valence-electron chi connectivity index (χ4n) is 2.70. The summed E-state index contributed by atoms with van der Waals surface area (Å²) in [6.07, 6.45) is 5.47. The summed E-state index contributed by atoms with van der Waals surface area (Å²) < 4.78 is 27.4. The van der Waals surface area contributed by atoms with E-state index in [1.807, 2.05) is 0 Å². The normalized spacial score (nSPS) is 15.7. The van der Waals surface area contributed by atoms with E-state index in [9.17, 15) is 18.2 Å². The zero-order valence-electron chi connectivity index (χ0n) is 15.1. The third kappa shape index (κ3) is 5.36. The Morgan fingerprint density at radius 3 is 2.74 bits per heavy atom. The van der Waals surface area contributed by atoms with E-state index in [4.69, 9.17) is 10.8 Å². The van der Waals surface area contributed by atoms with Gasteiger partial charge in [0.15, 0.2) is 0 Å². The van der Waals surface area contributed by atoms with Crippen LogP contribution in [0.5, 0.6) is 0 Å². The number of nitrogens with two attached hydrogens (primary N) is 1. The van der Waals surface area contributed by atoms with Crippen molar-refractivity contribution in [2.24, 2.45) is 10.7 Å². The van der Waals surface area contributed by atoms with E-state index in [0.29, 0.717) is 29.2 Å². The van der Waals surface area contributed by atoms with Crippen LogP contribution in [-0.4, -0.2) is 47.2 Å². The number of nitrogens with one attached hydrogen (secondary N) is 1. The van der Waals surface area contributed by atoms with Crippen molar-refractivity contribution in [3.63, 3.8) is 0 Å². The van der Waals surface area contributed by atoms with E-state index in [1.54, 1.807) is 38.1 Å². The zero-order valence-corrected chi connectivity index (χ0v) is 15.1. The highest BCUT2D eigenvalue weighted by Crippen LogP contribution is 2.22. The lowest BCUT2D eigenvalue weighted by atomic mass is 10.1. The smallest absolute Gasteiger partial charge is 0.480 e. The number of carboxylic acid groups (broad SMARTS) is 1. The number of aliphatic carboxylic acids is 1. The number of hydrogen-bond acceptors (Lipinski definition) is 4. The van der Waals surface area contributed by atoms with Gasteiger partial charge in [-0.05, 0) is 50.1 Å². The monoisotopic (exact) mass is 378 g/mol. The first-order valence-corrected chi connectivity index (χ1v) is 8.38. The molecule has 0 spiro atoms. The molecule has 1 atom stereocenters. The van der Waals surface area contributed by atoms with Crippen LogP contribution < -0.4 is 11.1 Å². The van der Waals surface area contributed by atoms with Gasteiger partial charge in [-0.1, -0.05) is 0 Å². The van der Waals surface area contributed by atoms with Gasteiger partial charge in [-0.2, -0.15) is 0 Å². The molecule has 27 heavy (non-hydrogen) atoms. The molecule has 2 rings (SSSR count). The molecule has 1 aromatic heterocycles. The second-order valence-electron chi connectivity index (χ2n) is 6.26. The molecule has 144 valence electrons. The number of aliphatic imine (C=N–C) groups is 1. The highest BCUT2D eigenvalue weighted by Gasteiger charge is 2.23. The largest absolute Gasteiger partial charge is 0.677 e. The van der Waals surface area contributed by atoms with Crippen LogP contribution in [0.3, 0.4) is 0 Å². The van der Waals surface area contributed by atoms with E-state index in [-0.39, 0.29) is 18.9 Å². The zero-order chi connectivity index (χ0) is 20.1. The highest BCUT2D eigenvalue weighted by molar-refractivity contribution is 6.41. The predicted octanol–water partition coefficient (Wildman–Crippen LogP) is 1.54. The van der Waals surface area contributed by atoms with Gasteiger partial charge in [0.05, 0.1) is 5.70 Å². The number of allylic oxidation sites excluding steroid dienone is 2. The minimum atomic E-state index is -2.64. The summed E-state index contributed by atoms with van der Waals surface area (Å²) in [5.41, 5.74) is 8.07. The van der Waals surface area contributed by atoms with Crippen LogP contribution >= 0.6 is 0 Å². The number of aryl methyl sites for hydroxylation is 2. The van der Waals surface area contributed by atoms with E-state index in [1.165, 1.54) is 0 Å². The van der Waals surface area contributed by atoms with Gasteiger partial charge in [-0.15, -0.1) is 0 Å². The van der Waals surface area contributed by atoms with E-state index < -0.39 is 19.4 Å². The molecule has 1 amide bonds. The SMILES string of the molecule is Cc1cc(C)n(B(F)F)c1/C=C1/C=CC(CCC(=O)NC[C@H](N)C(=O)O)=N1. The average molecular weight is 378 g/mol. The van der Waals surface area contributed by atoms with Crippen LogP contribution in [0.2, 0.25) is 0 Å². The molecule has 0 aromatic carbocycles. The van der Waals surface area contributed by atoms with Gasteiger partial charge in [0, 0.05) is 30.1 Å². The van der Waals surface area contributed by atoms with Gasteiger partial charge in [-0.3, -0.25) is 23.2 Å². The van der Waals surface area contributed by atoms with Crippen molar-refractivity contribution >= 4 is 31.1 Å². The Hall–Kier alpha value is -2.75. The van der Waals surface area contributed by atoms with Gasteiger partial charge in [0.25, 0.3) is 0 Å². The lowest BCUT2D eigenvalue weighted by Crippen LogP contribution is -2.42. The van der Waals surface area contributed by atoms with Crippen LogP contribution in [-0.2, 0) is 9.59 Å². The first kappa shape index (κ1) is 20.6. The molecule has 0 radical (unpaired) electrons. The molecule has 0 saturated carbocycles. The molecule has 2 heterocycles. The maximum absolute atomic E-state index is 13.2. The van der Waals surface area contributed by atoms with Crippen molar-refractivity contribution < 1.29 is 23.3 Å². The number of carboxylic acids is 1. The number of aromatic nitrogens is 1. The van der Waals surface area contributed by atoms with Gasteiger partial charge < -0.3 is 20.6 Å². The Bertz CT molecular complexity index is 830. The topological polar surface area (TPSA) is 110 Å². The first-order chi connectivity index (χ1) is 12.7. The van der Waals surface area contributed by atoms with Crippen molar-refractivity contribution in [3.8, 4) is 0 Å². The van der Waals surface area contributed by atoms with Crippen molar-refractivity contribution in [2.75, 3.05) is 6.54 Å². The second kappa shape index (κ2) is 8.76. The van der Waals surface area contributed by atoms with Crippen LogP contribution in [0.25, 0.3) is 6.08 Å². The average Bonchev–Trinajstić information content (AvgIpc) is 3.14. The maximum atomic E-state index is 13.2. The number of amides is 1. The van der Waals surface area contributed by atoms with Crippen molar-refractivity contribution in [1.29, 1.82) is 0 Å². The fourth-order valence-corrected chi connectivity index (χ4v) is 2.70. The number of halogens is 2. The number of rotatable bonds is 8. The Kier molecular flexibility index (Phi) is 6.67. The molecule has 7 nitrogen and oxygen atoms in total. The molecular formula is C17H21BF2N4O3. The van der Waals surface area contributed by atoms with Gasteiger partial charge >= 0.3 is 13.4 Å². The number of carbonyl (C=O) groups excluding carboxylic acids is 1. The van der Waals surface area contributed by atoms with Crippen molar-refractivity contribution in [2.45, 2.75) is 32.7 Å². The summed E-state index contributed by atoms with van der Waals surface area (Å²) in [4.78, 5) is 26.7. The molecule has 0 unspecified atom stereocenters. The molecule has 0 fully saturated rings. The van der Waals surface area contributed by atoms with Gasteiger partial charge in [-0.25, -0.2) is 0 Å². The van der Waals surface area contributed by atoms with Crippen molar-refractivity contribution in [1.82, 2.24) is 9.79 Å². The molecule has 10 heteroatoms. The second-order valence-corrected chi connectivity index (χ2v) is 6.26. The standard InChI is InChI=1S/C17H21BF2N4O3/c1-10-7-11(2)24(18(19)20)15(10)8-13-4-3-12(23-13)5-6-16(25)22-9-14(21)17(26)27/h3-4,7-8,14H,5-6,9,21H2,1-2H3,(H,22,25)(H,26,27)/b13-8-/t14-/m0/s1. The Morgan fingerprint density at radius 1 is 1.41 bits per heavy atom. The molecule has 0 aliphatic carbocycles. The summed E-state index contributed by atoms with van der Waals surface area (Å²) >= 11 is 0. The van der Waals surface area contributed by atoms with Crippen LogP contribution in [0.15, 0.2) is 28.9 Å². The van der Waals surface area contributed by atoms with Crippen LogP contribution in [0, 0.1) is 13.8 Å². The fraction of sp³-hybridized carbons (Fsp3) is 0.353. The Morgan fingerprint density at radius 2 is 2.11 bits per heavy atom. The summed E-state index contributed by atoms with van der Waals surface area (Å²) in [6, 6.07) is 0.540. The van der Waals surface area contributed by atoms with Gasteiger partial charge in [0.1, 0.15) is 6.04 Å². The third-order valence-corrected chi connectivity index (χ3v) is 4.11. The molecule has 1 aliphatic rings. The lowest BCUT2D eigenvalue weighted by molar-refractivity contribution is -0.138. The summed E-state index contributed by atoms with van der Waals surface area (Å²) in [5.74, 6) is -1.52. The molecule has 1 aromatic rings. The lowest BCUT2D eigenvalue weighted by Gasteiger charge is -2.08. The Labute approximate surface area is 155 Å². The number of carbonyl (C=O) groups is 2. The van der Waals surface area contributed by atoms with Crippen molar-refractivity contribution in [3.05, 3.63) is 40.9 Å². The molecule has 0 saturated heterocycles. The van der Waals surface area contributed by atoms with E-state index in [0.717, 1.165) is 10.0 Å². The highest BCUT2D eigenvalue weighted by atomic mass is 19.2. The Balaban J connectivity index is 1.98. The molecule has 4 N–H and O–H groups in total. The first-order valence-electron chi connectivity index (χ1n) is 8.38. The molecule has 1 aliphatic heterocycles. The van der Waals surface area contributed by atoms with E-state index >= 15 is 0 Å². The summed E-state index contributed by atoms with van der Waals surface area (Å²) in [6.45, 7) is 3.23. The van der Waals surface area contributed by atoms with Crippen LogP contribution in [0.1, 0.15) is 29.8 Å². The minimum Gasteiger partial charge on any atom is -0.480 e. The maximum Gasteiger partial charge on any atom is 0.677 e. The predicted molar refractivity (Wildman–Crippen MR) is 99.7 cm³/mol.